The molecule has 0 rings (SSSR count). The van der Waals surface area contributed by atoms with Gasteiger partial charge in [-0.1, -0.05) is 35.9 Å². The van der Waals surface area contributed by atoms with E-state index in [1.54, 1.807) is 0 Å². The third-order valence-corrected chi connectivity index (χ3v) is 3.20. The van der Waals surface area contributed by atoms with Gasteiger partial charge in [-0.3, -0.25) is 0 Å². The Labute approximate surface area is 84.0 Å². The van der Waals surface area contributed by atoms with E-state index in [0.717, 1.165) is 0 Å². The molecule has 0 spiro atoms. The van der Waals surface area contributed by atoms with Crippen LogP contribution >= 0.6 is 22.6 Å². The Bertz CT molecular complexity index is 93.6. The normalized spacial score (nSPS) is 16.9. The summed E-state index contributed by atoms with van der Waals surface area (Å²) in [6.07, 6.45) is 3.27. The summed E-state index contributed by atoms with van der Waals surface area (Å²) in [5.74, 6) is 0. The topological polar surface area (TPSA) is 9.23 Å². The fourth-order valence-electron chi connectivity index (χ4n) is 1.03. The maximum absolute atomic E-state index is 5.66. The molecule has 0 saturated carbocycles. The van der Waals surface area contributed by atoms with Gasteiger partial charge in [0.1, 0.15) is 0 Å². The summed E-state index contributed by atoms with van der Waals surface area (Å²) in [5.41, 5.74) is 0. The molecule has 2 heteroatoms. The molecule has 0 fully saturated rings. The highest BCUT2D eigenvalue weighted by molar-refractivity contribution is 14.1. The molecule has 0 aliphatic heterocycles. The molecule has 2 unspecified atom stereocenters. The van der Waals surface area contributed by atoms with E-state index in [9.17, 15) is 0 Å². The lowest BCUT2D eigenvalue weighted by atomic mass is 10.2. The third-order valence-electron chi connectivity index (χ3n) is 1.56. The maximum atomic E-state index is 5.66. The first-order chi connectivity index (χ1) is 5.07. The van der Waals surface area contributed by atoms with Crippen molar-refractivity contribution in [2.75, 3.05) is 0 Å². The predicted octanol–water partition coefficient (Wildman–Crippen LogP) is 3.40. The Hall–Kier alpha value is 0.690. The Morgan fingerprint density at radius 1 is 1.27 bits per heavy atom. The van der Waals surface area contributed by atoms with Gasteiger partial charge in [-0.05, 0) is 27.2 Å². The first-order valence-corrected chi connectivity index (χ1v) is 5.62. The van der Waals surface area contributed by atoms with Crippen molar-refractivity contribution >= 4 is 22.6 Å². The molecule has 0 N–H and O–H groups in total. The van der Waals surface area contributed by atoms with Crippen LogP contribution in [0.3, 0.4) is 0 Å². The molecular formula is C9H19IO. The van der Waals surface area contributed by atoms with Gasteiger partial charge in [0.25, 0.3) is 0 Å². The molecule has 0 heterocycles. The maximum Gasteiger partial charge on any atom is 0.0667 e. The molecule has 0 amide bonds. The molecule has 0 aromatic heterocycles. The van der Waals surface area contributed by atoms with Gasteiger partial charge in [-0.15, -0.1) is 0 Å². The molecule has 0 aliphatic carbocycles. The Morgan fingerprint density at radius 3 is 2.18 bits per heavy atom. The molecule has 68 valence electrons. The molecule has 0 saturated heterocycles. The molecule has 1 nitrogen and oxygen atoms in total. The van der Waals surface area contributed by atoms with Crippen LogP contribution in [0.25, 0.3) is 0 Å². The van der Waals surface area contributed by atoms with Crippen molar-refractivity contribution in [1.29, 1.82) is 0 Å². The first-order valence-electron chi connectivity index (χ1n) is 4.37. The van der Waals surface area contributed by atoms with Crippen molar-refractivity contribution in [3.8, 4) is 0 Å². The summed E-state index contributed by atoms with van der Waals surface area (Å²) < 4.78 is 6.32. The molecule has 0 aromatic carbocycles. The summed E-state index contributed by atoms with van der Waals surface area (Å²) in [4.78, 5) is 0. The van der Waals surface area contributed by atoms with Crippen molar-refractivity contribution < 1.29 is 4.74 Å². The van der Waals surface area contributed by atoms with E-state index in [0.29, 0.717) is 16.1 Å². The number of halogens is 1. The van der Waals surface area contributed by atoms with Crippen LogP contribution in [0, 0.1) is 0 Å². The average molecular weight is 270 g/mol. The molecule has 0 radical (unpaired) electrons. The minimum Gasteiger partial charge on any atom is -0.375 e. The van der Waals surface area contributed by atoms with Crippen LogP contribution in [0.15, 0.2) is 0 Å². The SMILES string of the molecule is CCCC(I)C(C)OC(C)C. The fourth-order valence-corrected chi connectivity index (χ4v) is 1.82. The number of hydrogen-bond acceptors (Lipinski definition) is 1. The minimum absolute atomic E-state index is 0.360. The predicted molar refractivity (Wildman–Crippen MR) is 58.4 cm³/mol. The Balaban J connectivity index is 3.54. The van der Waals surface area contributed by atoms with Gasteiger partial charge >= 0.3 is 0 Å². The van der Waals surface area contributed by atoms with Crippen molar-refractivity contribution in [2.45, 2.75) is 56.7 Å². The lowest BCUT2D eigenvalue weighted by Gasteiger charge is -2.20. The molecule has 11 heavy (non-hydrogen) atoms. The van der Waals surface area contributed by atoms with Crippen LogP contribution < -0.4 is 0 Å². The minimum atomic E-state index is 0.360. The van der Waals surface area contributed by atoms with Gasteiger partial charge in [-0.25, -0.2) is 0 Å². The number of ether oxygens (including phenoxy) is 1. The number of rotatable bonds is 5. The van der Waals surface area contributed by atoms with Crippen LogP contribution in [0.1, 0.15) is 40.5 Å². The zero-order valence-corrected chi connectivity index (χ0v) is 10.1. The van der Waals surface area contributed by atoms with Gasteiger partial charge in [0, 0.05) is 3.92 Å². The van der Waals surface area contributed by atoms with Gasteiger partial charge in [0.05, 0.1) is 12.2 Å². The lowest BCUT2D eigenvalue weighted by Crippen LogP contribution is -2.23. The van der Waals surface area contributed by atoms with E-state index in [2.05, 4.69) is 50.3 Å². The van der Waals surface area contributed by atoms with Gasteiger partial charge < -0.3 is 4.74 Å². The molecule has 0 aromatic rings. The van der Waals surface area contributed by atoms with E-state index in [4.69, 9.17) is 4.74 Å². The van der Waals surface area contributed by atoms with Crippen LogP contribution in [0.2, 0.25) is 0 Å². The zero-order chi connectivity index (χ0) is 8.85. The molecule has 2 atom stereocenters. The second-order valence-electron chi connectivity index (χ2n) is 3.19. The quantitative estimate of drug-likeness (QED) is 0.549. The fraction of sp³-hybridized carbons (Fsp3) is 1.00. The second-order valence-corrected chi connectivity index (χ2v) is 4.79. The summed E-state index contributed by atoms with van der Waals surface area (Å²) in [5, 5.41) is 0. The summed E-state index contributed by atoms with van der Waals surface area (Å²) in [6.45, 7) is 8.55. The average Bonchev–Trinajstić information content (AvgIpc) is 1.86. The largest absolute Gasteiger partial charge is 0.375 e. The number of hydrogen-bond donors (Lipinski definition) is 0. The zero-order valence-electron chi connectivity index (χ0n) is 7.93. The Kier molecular flexibility index (Phi) is 6.62. The standard InChI is InChI=1S/C9H19IO/c1-5-6-9(10)8(4)11-7(2)3/h7-9H,5-6H2,1-4H3. The van der Waals surface area contributed by atoms with Crippen LogP contribution in [-0.4, -0.2) is 16.1 Å². The summed E-state index contributed by atoms with van der Waals surface area (Å²) in [7, 11) is 0. The van der Waals surface area contributed by atoms with Crippen molar-refractivity contribution in [3.05, 3.63) is 0 Å². The van der Waals surface area contributed by atoms with Gasteiger partial charge in [-0.2, -0.15) is 0 Å². The van der Waals surface area contributed by atoms with E-state index in [-0.39, 0.29) is 0 Å². The van der Waals surface area contributed by atoms with Crippen LogP contribution in [0.4, 0.5) is 0 Å². The number of alkyl halides is 1. The lowest BCUT2D eigenvalue weighted by molar-refractivity contribution is 0.0194. The van der Waals surface area contributed by atoms with Crippen LogP contribution in [0.5, 0.6) is 0 Å². The van der Waals surface area contributed by atoms with Crippen molar-refractivity contribution in [1.82, 2.24) is 0 Å². The molecule has 0 bridgehead atoms. The third kappa shape index (κ3) is 5.91. The first kappa shape index (κ1) is 11.7. The van der Waals surface area contributed by atoms with E-state index in [1.807, 2.05) is 0 Å². The van der Waals surface area contributed by atoms with E-state index in [1.165, 1.54) is 12.8 Å². The van der Waals surface area contributed by atoms with Gasteiger partial charge in [0.15, 0.2) is 0 Å². The van der Waals surface area contributed by atoms with E-state index < -0.39 is 0 Å². The van der Waals surface area contributed by atoms with Crippen LogP contribution in [-0.2, 0) is 4.74 Å². The van der Waals surface area contributed by atoms with Crippen molar-refractivity contribution in [3.63, 3.8) is 0 Å². The second kappa shape index (κ2) is 6.23. The highest BCUT2D eigenvalue weighted by Crippen LogP contribution is 2.16. The highest BCUT2D eigenvalue weighted by Gasteiger charge is 2.13. The van der Waals surface area contributed by atoms with Crippen molar-refractivity contribution in [2.24, 2.45) is 0 Å². The Morgan fingerprint density at radius 2 is 1.82 bits per heavy atom. The monoisotopic (exact) mass is 270 g/mol. The molecule has 0 aliphatic rings. The molecular weight excluding hydrogens is 251 g/mol. The smallest absolute Gasteiger partial charge is 0.0667 e. The van der Waals surface area contributed by atoms with Gasteiger partial charge in [0.2, 0.25) is 0 Å². The summed E-state index contributed by atoms with van der Waals surface area (Å²) in [6, 6.07) is 0. The van der Waals surface area contributed by atoms with E-state index >= 15 is 0 Å². The summed E-state index contributed by atoms with van der Waals surface area (Å²) >= 11 is 2.48. The highest BCUT2D eigenvalue weighted by atomic mass is 127.